The Morgan fingerprint density at radius 3 is 2.79 bits per heavy atom. The largest absolute Gasteiger partial charge is 0.364 e. The van der Waals surface area contributed by atoms with Crippen molar-refractivity contribution in [2.75, 3.05) is 7.05 Å². The molecule has 1 rings (SSSR count). The molecule has 14 heavy (non-hydrogen) atoms. The van der Waals surface area contributed by atoms with Crippen molar-refractivity contribution in [1.82, 2.24) is 26.1 Å². The summed E-state index contributed by atoms with van der Waals surface area (Å²) < 4.78 is 0. The highest BCUT2D eigenvalue weighted by atomic mass is 32.1. The molecule has 0 aliphatic carbocycles. The van der Waals surface area contributed by atoms with Gasteiger partial charge >= 0.3 is 0 Å². The normalized spacial score (nSPS) is 9.29. The number of aromatic amines is 1. The van der Waals surface area contributed by atoms with Gasteiger partial charge in [-0.25, -0.2) is 4.98 Å². The fourth-order valence-corrected chi connectivity index (χ4v) is 0.874. The van der Waals surface area contributed by atoms with Gasteiger partial charge < -0.3 is 10.3 Å². The van der Waals surface area contributed by atoms with Crippen LogP contribution in [0.25, 0.3) is 0 Å². The number of aromatic nitrogens is 2. The van der Waals surface area contributed by atoms with Crippen LogP contribution in [0.15, 0.2) is 6.33 Å². The Balaban J connectivity index is 2.52. The first-order valence-electron chi connectivity index (χ1n) is 3.93. The number of hydrogen-bond acceptors (Lipinski definition) is 3. The quantitative estimate of drug-likeness (QED) is 0.372. The van der Waals surface area contributed by atoms with Crippen molar-refractivity contribution in [1.29, 1.82) is 0 Å². The zero-order valence-corrected chi connectivity index (χ0v) is 8.66. The van der Waals surface area contributed by atoms with E-state index in [2.05, 4.69) is 26.1 Å². The summed E-state index contributed by atoms with van der Waals surface area (Å²) in [6, 6.07) is 0. The van der Waals surface area contributed by atoms with Crippen molar-refractivity contribution >= 4 is 23.2 Å². The van der Waals surface area contributed by atoms with Crippen LogP contribution in [0, 0.1) is 6.92 Å². The van der Waals surface area contributed by atoms with Crippen molar-refractivity contribution in [3.63, 3.8) is 0 Å². The molecule has 0 bridgehead atoms. The summed E-state index contributed by atoms with van der Waals surface area (Å²) in [7, 11) is 1.65. The van der Waals surface area contributed by atoms with E-state index in [4.69, 9.17) is 12.2 Å². The molecule has 7 heteroatoms. The summed E-state index contributed by atoms with van der Waals surface area (Å²) in [6.45, 7) is 1.76. The van der Waals surface area contributed by atoms with E-state index in [-0.39, 0.29) is 5.91 Å². The number of carbonyl (C=O) groups is 1. The van der Waals surface area contributed by atoms with Crippen LogP contribution in [0.5, 0.6) is 0 Å². The molecular weight excluding hydrogens is 202 g/mol. The van der Waals surface area contributed by atoms with Gasteiger partial charge in [-0.3, -0.25) is 15.6 Å². The maximum atomic E-state index is 11.4. The minimum atomic E-state index is -0.332. The molecule has 0 fully saturated rings. The van der Waals surface area contributed by atoms with Gasteiger partial charge in [-0.2, -0.15) is 0 Å². The van der Waals surface area contributed by atoms with E-state index in [1.165, 1.54) is 6.33 Å². The Hall–Kier alpha value is -1.63. The summed E-state index contributed by atoms with van der Waals surface area (Å²) in [5.74, 6) is -0.332. The first-order chi connectivity index (χ1) is 6.65. The van der Waals surface area contributed by atoms with Crippen molar-refractivity contribution in [2.24, 2.45) is 0 Å². The minimum absolute atomic E-state index is 0.332. The number of hydrazine groups is 1. The second kappa shape index (κ2) is 4.56. The predicted octanol–water partition coefficient (Wildman–Crippen LogP) is -0.543. The lowest BCUT2D eigenvalue weighted by Crippen LogP contribution is -2.45. The van der Waals surface area contributed by atoms with E-state index in [1.54, 1.807) is 14.0 Å². The Labute approximate surface area is 86.5 Å². The smallest absolute Gasteiger partial charge is 0.290 e. The van der Waals surface area contributed by atoms with Crippen LogP contribution < -0.4 is 16.2 Å². The third-order valence-corrected chi connectivity index (χ3v) is 1.87. The molecule has 0 radical (unpaired) electrons. The number of hydrogen-bond donors (Lipinski definition) is 4. The predicted molar refractivity (Wildman–Crippen MR) is 55.6 cm³/mol. The number of amides is 1. The molecule has 0 saturated heterocycles. The summed E-state index contributed by atoms with van der Waals surface area (Å²) in [5.41, 5.74) is 5.97. The maximum absolute atomic E-state index is 11.4. The van der Waals surface area contributed by atoms with Crippen LogP contribution >= 0.6 is 12.2 Å². The topological polar surface area (TPSA) is 81.8 Å². The maximum Gasteiger partial charge on any atom is 0.290 e. The highest BCUT2D eigenvalue weighted by molar-refractivity contribution is 7.80. The van der Waals surface area contributed by atoms with E-state index in [1.807, 2.05) is 0 Å². The Kier molecular flexibility index (Phi) is 3.41. The first kappa shape index (κ1) is 10.5. The van der Waals surface area contributed by atoms with Gasteiger partial charge in [0.15, 0.2) is 10.8 Å². The average Bonchev–Trinajstić information content (AvgIpc) is 2.60. The Morgan fingerprint density at radius 2 is 2.29 bits per heavy atom. The average molecular weight is 213 g/mol. The fourth-order valence-electron chi connectivity index (χ4n) is 0.823. The van der Waals surface area contributed by atoms with Crippen molar-refractivity contribution in [2.45, 2.75) is 6.92 Å². The lowest BCUT2D eigenvalue weighted by Gasteiger charge is -2.07. The van der Waals surface area contributed by atoms with Crippen molar-refractivity contribution in [3.8, 4) is 0 Å². The van der Waals surface area contributed by atoms with Crippen LogP contribution in [0.2, 0.25) is 0 Å². The van der Waals surface area contributed by atoms with Crippen LogP contribution in [-0.4, -0.2) is 28.0 Å². The molecule has 1 aromatic heterocycles. The molecule has 6 nitrogen and oxygen atoms in total. The van der Waals surface area contributed by atoms with E-state index in [0.29, 0.717) is 16.5 Å². The highest BCUT2D eigenvalue weighted by Crippen LogP contribution is 1.98. The van der Waals surface area contributed by atoms with E-state index in [9.17, 15) is 4.79 Å². The van der Waals surface area contributed by atoms with Gasteiger partial charge in [-0.05, 0) is 19.1 Å². The lowest BCUT2D eigenvalue weighted by atomic mass is 10.3. The zero-order valence-electron chi connectivity index (χ0n) is 7.84. The van der Waals surface area contributed by atoms with Crippen LogP contribution in [0.1, 0.15) is 16.2 Å². The molecule has 1 amide bonds. The number of thiocarbonyl (C=S) groups is 1. The molecule has 0 saturated carbocycles. The molecule has 76 valence electrons. The standard InChI is InChI=1S/C7H11N5OS/c1-4-5(10-3-9-4)6(13)11-12-7(14)8-2/h3H,1-2H3,(H,9,10)(H,11,13)(H2,8,12,14). The van der Waals surface area contributed by atoms with Crippen LogP contribution in [0.4, 0.5) is 0 Å². The second-order valence-corrected chi connectivity index (χ2v) is 2.94. The molecule has 0 aliphatic rings. The van der Waals surface area contributed by atoms with Gasteiger partial charge in [-0.15, -0.1) is 0 Å². The van der Waals surface area contributed by atoms with E-state index < -0.39 is 0 Å². The summed E-state index contributed by atoms with van der Waals surface area (Å²) in [4.78, 5) is 18.1. The number of imidazole rings is 1. The molecule has 1 heterocycles. The number of aryl methyl sites for hydroxylation is 1. The summed E-state index contributed by atoms with van der Waals surface area (Å²) >= 11 is 4.77. The molecule has 0 unspecified atom stereocenters. The zero-order chi connectivity index (χ0) is 10.6. The Bertz CT molecular complexity index is 348. The van der Waals surface area contributed by atoms with Crippen molar-refractivity contribution in [3.05, 3.63) is 17.7 Å². The lowest BCUT2D eigenvalue weighted by molar-refractivity contribution is 0.0938. The Morgan fingerprint density at radius 1 is 1.57 bits per heavy atom. The number of carbonyl (C=O) groups excluding carboxylic acids is 1. The molecule has 0 aliphatic heterocycles. The van der Waals surface area contributed by atoms with Gasteiger partial charge in [0.25, 0.3) is 5.91 Å². The third-order valence-electron chi connectivity index (χ3n) is 1.56. The first-order valence-corrected chi connectivity index (χ1v) is 4.34. The highest BCUT2D eigenvalue weighted by Gasteiger charge is 2.10. The van der Waals surface area contributed by atoms with Crippen LogP contribution in [0.3, 0.4) is 0 Å². The summed E-state index contributed by atoms with van der Waals surface area (Å²) in [6.07, 6.45) is 1.46. The van der Waals surface area contributed by atoms with E-state index in [0.717, 1.165) is 0 Å². The van der Waals surface area contributed by atoms with Crippen LogP contribution in [-0.2, 0) is 0 Å². The molecular formula is C7H11N5OS. The fraction of sp³-hybridized carbons (Fsp3) is 0.286. The van der Waals surface area contributed by atoms with E-state index >= 15 is 0 Å². The molecule has 4 N–H and O–H groups in total. The van der Waals surface area contributed by atoms with Gasteiger partial charge in [0.05, 0.1) is 6.33 Å². The van der Waals surface area contributed by atoms with Gasteiger partial charge in [0.2, 0.25) is 0 Å². The molecule has 1 aromatic rings. The van der Waals surface area contributed by atoms with Gasteiger partial charge in [0.1, 0.15) is 0 Å². The number of rotatable bonds is 1. The number of nitrogens with zero attached hydrogens (tertiary/aromatic N) is 1. The molecule has 0 spiro atoms. The molecule has 0 atom stereocenters. The monoisotopic (exact) mass is 213 g/mol. The summed E-state index contributed by atoms with van der Waals surface area (Å²) in [5, 5.41) is 3.00. The van der Waals surface area contributed by atoms with Gasteiger partial charge in [0, 0.05) is 12.7 Å². The SMILES string of the molecule is CNC(=S)NNC(=O)c1nc[nH]c1C. The van der Waals surface area contributed by atoms with Crippen molar-refractivity contribution < 1.29 is 4.79 Å². The third kappa shape index (κ3) is 2.43. The minimum Gasteiger partial charge on any atom is -0.364 e. The molecule has 0 aromatic carbocycles. The van der Waals surface area contributed by atoms with Gasteiger partial charge in [-0.1, -0.05) is 0 Å². The number of H-pyrrole nitrogens is 1. The second-order valence-electron chi connectivity index (χ2n) is 2.53. The number of nitrogens with one attached hydrogen (secondary N) is 4.